The van der Waals surface area contributed by atoms with E-state index in [9.17, 15) is 15.3 Å². The van der Waals surface area contributed by atoms with E-state index < -0.39 is 0 Å². The molecule has 3 fully saturated rings. The Bertz CT molecular complexity index is 644. The van der Waals surface area contributed by atoms with Crippen LogP contribution in [0.5, 0.6) is 0 Å². The van der Waals surface area contributed by atoms with Gasteiger partial charge in [0, 0.05) is 6.61 Å². The van der Waals surface area contributed by atoms with Crippen molar-refractivity contribution in [1.82, 2.24) is 0 Å². The predicted molar refractivity (Wildman–Crippen MR) is 122 cm³/mol. The average molecular weight is 419 g/mol. The Hall–Kier alpha value is -0.380. The predicted octanol–water partition coefficient (Wildman–Crippen LogP) is 5.33. The Kier molecular flexibility index (Phi) is 6.48. The Morgan fingerprint density at radius 2 is 1.80 bits per heavy atom. The van der Waals surface area contributed by atoms with E-state index in [4.69, 9.17) is 0 Å². The molecule has 0 aromatic carbocycles. The summed E-state index contributed by atoms with van der Waals surface area (Å²) in [6, 6.07) is 0. The summed E-state index contributed by atoms with van der Waals surface area (Å²) < 4.78 is 0. The largest absolute Gasteiger partial charge is 0.396 e. The van der Waals surface area contributed by atoms with Crippen LogP contribution < -0.4 is 0 Å². The van der Waals surface area contributed by atoms with Crippen molar-refractivity contribution in [1.29, 1.82) is 0 Å². The molecule has 0 aromatic rings. The fraction of sp³-hybridized carbons (Fsp3) is 0.926. The van der Waals surface area contributed by atoms with Gasteiger partial charge in [-0.2, -0.15) is 0 Å². The normalized spacial score (nSPS) is 46.2. The van der Waals surface area contributed by atoms with Crippen molar-refractivity contribution in [2.24, 2.45) is 46.3 Å². The number of aliphatic hydroxyl groups is 3. The molecule has 0 amide bonds. The maximum absolute atomic E-state index is 11.0. The van der Waals surface area contributed by atoms with Crippen molar-refractivity contribution in [2.45, 2.75) is 104 Å². The number of hydrogen-bond acceptors (Lipinski definition) is 3. The van der Waals surface area contributed by atoms with Crippen molar-refractivity contribution in [3.8, 4) is 0 Å². The minimum Gasteiger partial charge on any atom is -0.396 e. The first kappa shape index (κ1) is 22.8. The highest BCUT2D eigenvalue weighted by Gasteiger charge is 2.59. The van der Waals surface area contributed by atoms with Crippen molar-refractivity contribution >= 4 is 0 Å². The molecule has 3 unspecified atom stereocenters. The van der Waals surface area contributed by atoms with Crippen LogP contribution in [-0.2, 0) is 0 Å². The number of hydrogen-bond donors (Lipinski definition) is 3. The van der Waals surface area contributed by atoms with Crippen LogP contribution >= 0.6 is 0 Å². The van der Waals surface area contributed by atoms with Crippen molar-refractivity contribution < 1.29 is 15.3 Å². The molecule has 0 heterocycles. The van der Waals surface area contributed by atoms with Crippen LogP contribution in [0, 0.1) is 46.3 Å². The lowest BCUT2D eigenvalue weighted by Crippen LogP contribution is -2.51. The van der Waals surface area contributed by atoms with Gasteiger partial charge in [0.15, 0.2) is 0 Å². The summed E-state index contributed by atoms with van der Waals surface area (Å²) in [5.74, 6) is 3.61. The summed E-state index contributed by atoms with van der Waals surface area (Å²) in [6.45, 7) is 9.64. The van der Waals surface area contributed by atoms with Gasteiger partial charge in [0.2, 0.25) is 0 Å². The molecule has 0 saturated heterocycles. The Morgan fingerprint density at radius 3 is 2.53 bits per heavy atom. The lowest BCUT2D eigenvalue weighted by molar-refractivity contribution is -0.0683. The van der Waals surface area contributed by atoms with Gasteiger partial charge in [0.25, 0.3) is 0 Å². The van der Waals surface area contributed by atoms with Crippen LogP contribution in [0.4, 0.5) is 0 Å². The third-order valence-corrected chi connectivity index (χ3v) is 10.7. The third kappa shape index (κ3) is 3.71. The maximum Gasteiger partial charge on any atom is 0.0577 e. The summed E-state index contributed by atoms with van der Waals surface area (Å²) in [4.78, 5) is 0. The number of allylic oxidation sites excluding steroid dienone is 1. The Morgan fingerprint density at radius 1 is 1.03 bits per heavy atom. The fourth-order valence-electron chi connectivity index (χ4n) is 8.62. The molecule has 30 heavy (non-hydrogen) atoms. The standard InChI is InChI=1S/C27H46O3/c1-17(16-28)5-10-25(30)18(2)22-8-9-23-21-7-6-19-15-20(29)11-13-26(19,3)24(21)12-14-27(22,23)4/h6,17-18,20-25,28-30H,5,7-16H2,1-4H3/t17?,18?,20-,21-,22+,23-,24-,25?,26-,27+/m0/s1. The van der Waals surface area contributed by atoms with Crippen molar-refractivity contribution in [3.05, 3.63) is 11.6 Å². The SMILES string of the molecule is CC(CO)CCC(O)C(C)[C@H]1CC[C@H]2[C@@H]3CC=C4C[C@@H](O)CC[C@]4(C)[C@H]3CC[C@]12C. The van der Waals surface area contributed by atoms with Crippen LogP contribution in [0.25, 0.3) is 0 Å². The topological polar surface area (TPSA) is 60.7 Å². The van der Waals surface area contributed by atoms with Gasteiger partial charge in [-0.1, -0.05) is 39.3 Å². The lowest BCUT2D eigenvalue weighted by Gasteiger charge is -2.58. The highest BCUT2D eigenvalue weighted by Crippen LogP contribution is 2.67. The molecule has 0 aliphatic heterocycles. The minimum atomic E-state index is -0.243. The van der Waals surface area contributed by atoms with Crippen LogP contribution in [-0.4, -0.2) is 34.1 Å². The molecule has 3 heteroatoms. The molecular weight excluding hydrogens is 372 g/mol. The van der Waals surface area contributed by atoms with E-state index in [-0.39, 0.29) is 24.7 Å². The summed E-state index contributed by atoms with van der Waals surface area (Å²) in [5, 5.41) is 30.5. The quantitative estimate of drug-likeness (QED) is 0.511. The summed E-state index contributed by atoms with van der Waals surface area (Å²) in [5.41, 5.74) is 2.23. The van der Waals surface area contributed by atoms with Gasteiger partial charge in [-0.05, 0) is 111 Å². The maximum atomic E-state index is 11.0. The number of fused-ring (bicyclic) bond motifs is 5. The van der Waals surface area contributed by atoms with E-state index in [1.54, 1.807) is 5.57 Å². The molecule has 4 rings (SSSR count). The first-order valence-corrected chi connectivity index (χ1v) is 12.9. The highest BCUT2D eigenvalue weighted by molar-refractivity contribution is 5.25. The van der Waals surface area contributed by atoms with Gasteiger partial charge >= 0.3 is 0 Å². The molecule has 3 nitrogen and oxygen atoms in total. The van der Waals surface area contributed by atoms with Gasteiger partial charge < -0.3 is 15.3 Å². The van der Waals surface area contributed by atoms with E-state index in [1.165, 1.54) is 32.1 Å². The van der Waals surface area contributed by atoms with Crippen molar-refractivity contribution in [2.75, 3.05) is 6.61 Å². The molecule has 172 valence electrons. The molecule has 4 aliphatic carbocycles. The number of aliphatic hydroxyl groups excluding tert-OH is 3. The van der Waals surface area contributed by atoms with E-state index in [0.717, 1.165) is 49.9 Å². The first-order valence-electron chi connectivity index (χ1n) is 12.9. The zero-order valence-electron chi connectivity index (χ0n) is 19.8. The smallest absolute Gasteiger partial charge is 0.0577 e. The Balaban J connectivity index is 1.49. The second-order valence-corrected chi connectivity index (χ2v) is 12.2. The molecule has 0 aromatic heterocycles. The monoisotopic (exact) mass is 418 g/mol. The molecule has 3 N–H and O–H groups in total. The second-order valence-electron chi connectivity index (χ2n) is 12.2. The summed E-state index contributed by atoms with van der Waals surface area (Å²) in [6.07, 6.45) is 13.4. The molecule has 4 aliphatic rings. The van der Waals surface area contributed by atoms with Gasteiger partial charge in [-0.15, -0.1) is 0 Å². The average Bonchev–Trinajstić information content (AvgIpc) is 3.08. The first-order chi connectivity index (χ1) is 14.2. The molecule has 0 bridgehead atoms. The van der Waals surface area contributed by atoms with Crippen LogP contribution in [0.15, 0.2) is 11.6 Å². The van der Waals surface area contributed by atoms with Gasteiger partial charge in [0.1, 0.15) is 0 Å². The highest BCUT2D eigenvalue weighted by atomic mass is 16.3. The van der Waals surface area contributed by atoms with E-state index >= 15 is 0 Å². The van der Waals surface area contributed by atoms with Crippen LogP contribution in [0.1, 0.15) is 91.9 Å². The second kappa shape index (κ2) is 8.52. The lowest BCUT2D eigenvalue weighted by atomic mass is 9.47. The molecular formula is C27H46O3. The summed E-state index contributed by atoms with van der Waals surface area (Å²) in [7, 11) is 0. The van der Waals surface area contributed by atoms with Crippen LogP contribution in [0.3, 0.4) is 0 Å². The van der Waals surface area contributed by atoms with Crippen LogP contribution in [0.2, 0.25) is 0 Å². The Labute approximate surface area is 184 Å². The molecule has 3 saturated carbocycles. The van der Waals surface area contributed by atoms with Gasteiger partial charge in [-0.3, -0.25) is 0 Å². The zero-order valence-corrected chi connectivity index (χ0v) is 19.8. The third-order valence-electron chi connectivity index (χ3n) is 10.7. The summed E-state index contributed by atoms with van der Waals surface area (Å²) >= 11 is 0. The van der Waals surface area contributed by atoms with E-state index in [0.29, 0.717) is 22.7 Å². The van der Waals surface area contributed by atoms with E-state index in [1.807, 2.05) is 0 Å². The molecule has 0 spiro atoms. The van der Waals surface area contributed by atoms with Crippen molar-refractivity contribution in [3.63, 3.8) is 0 Å². The van der Waals surface area contributed by atoms with Gasteiger partial charge in [0.05, 0.1) is 12.2 Å². The minimum absolute atomic E-state index is 0.124. The zero-order chi connectivity index (χ0) is 21.7. The van der Waals surface area contributed by atoms with Gasteiger partial charge in [-0.25, -0.2) is 0 Å². The van der Waals surface area contributed by atoms with E-state index in [2.05, 4.69) is 33.8 Å². The molecule has 10 atom stereocenters. The fourth-order valence-corrected chi connectivity index (χ4v) is 8.62. The molecule has 0 radical (unpaired) electrons. The number of rotatable bonds is 6.